The molecule has 1 saturated heterocycles. The van der Waals surface area contributed by atoms with E-state index in [-0.39, 0.29) is 23.6 Å². The van der Waals surface area contributed by atoms with Crippen LogP contribution in [0.2, 0.25) is 0 Å². The molecule has 6 nitrogen and oxygen atoms in total. The summed E-state index contributed by atoms with van der Waals surface area (Å²) < 4.78 is 29.0. The average Bonchev–Trinajstić information content (AvgIpc) is 2.91. The molecule has 2 aromatic rings. The molecular formula is C18H24N2O4S. The molecule has 3 rings (SSSR count). The van der Waals surface area contributed by atoms with Crippen LogP contribution < -0.4 is 5.32 Å². The number of benzene rings is 1. The topological polar surface area (TPSA) is 79.6 Å². The molecular weight excluding hydrogens is 340 g/mol. The van der Waals surface area contributed by atoms with Crippen LogP contribution in [0.1, 0.15) is 31.1 Å². The molecule has 2 amide bonds. The summed E-state index contributed by atoms with van der Waals surface area (Å²) in [6, 6.07) is 5.39. The maximum absolute atomic E-state index is 12.6. The van der Waals surface area contributed by atoms with Crippen LogP contribution in [0.4, 0.5) is 10.5 Å². The number of carbonyl (C=O) groups is 1. The fourth-order valence-electron chi connectivity index (χ4n) is 3.36. The summed E-state index contributed by atoms with van der Waals surface area (Å²) in [4.78, 5) is 14.2. The van der Waals surface area contributed by atoms with Crippen molar-refractivity contribution in [1.82, 2.24) is 4.90 Å². The quantitative estimate of drug-likeness (QED) is 0.906. The fraction of sp³-hybridized carbons (Fsp3) is 0.500. The molecule has 0 spiro atoms. The van der Waals surface area contributed by atoms with Gasteiger partial charge in [0.25, 0.3) is 0 Å². The highest BCUT2D eigenvalue weighted by atomic mass is 32.2. The van der Waals surface area contributed by atoms with Crippen LogP contribution in [-0.2, 0) is 16.3 Å². The molecule has 1 N–H and O–H groups in total. The number of hydrogen-bond acceptors (Lipinski definition) is 4. The van der Waals surface area contributed by atoms with Gasteiger partial charge in [0, 0.05) is 24.9 Å². The Morgan fingerprint density at radius 1 is 1.32 bits per heavy atom. The number of rotatable bonds is 3. The highest BCUT2D eigenvalue weighted by Crippen LogP contribution is 2.31. The molecule has 0 aliphatic carbocycles. The van der Waals surface area contributed by atoms with Crippen LogP contribution in [0, 0.1) is 6.92 Å². The Morgan fingerprint density at radius 2 is 2.00 bits per heavy atom. The lowest BCUT2D eigenvalue weighted by molar-refractivity contribution is 0.199. The molecule has 1 fully saturated rings. The third-order valence-electron chi connectivity index (χ3n) is 5.02. The first kappa shape index (κ1) is 17.8. The second-order valence-corrected chi connectivity index (χ2v) is 8.91. The van der Waals surface area contributed by atoms with Gasteiger partial charge in [-0.2, -0.15) is 0 Å². The van der Waals surface area contributed by atoms with E-state index in [0.717, 1.165) is 23.1 Å². The predicted molar refractivity (Wildman–Crippen MR) is 98.8 cm³/mol. The molecule has 1 aromatic heterocycles. The molecule has 0 bridgehead atoms. The molecule has 0 unspecified atom stereocenters. The van der Waals surface area contributed by atoms with Crippen molar-refractivity contribution in [2.45, 2.75) is 39.2 Å². The molecule has 25 heavy (non-hydrogen) atoms. The lowest BCUT2D eigenvalue weighted by Gasteiger charge is -2.31. The van der Waals surface area contributed by atoms with Crippen molar-refractivity contribution >= 4 is 32.5 Å². The summed E-state index contributed by atoms with van der Waals surface area (Å²) in [7, 11) is -1.23. The zero-order valence-electron chi connectivity index (χ0n) is 14.8. The molecule has 1 aromatic carbocycles. The van der Waals surface area contributed by atoms with Gasteiger partial charge in [0.15, 0.2) is 5.58 Å². The molecule has 1 aliphatic heterocycles. The third-order valence-corrected chi connectivity index (χ3v) is 6.73. The number of hydrogen-bond donors (Lipinski definition) is 1. The number of nitrogens with zero attached hydrogens (tertiary/aromatic N) is 1. The predicted octanol–water partition coefficient (Wildman–Crippen LogP) is 3.34. The highest BCUT2D eigenvalue weighted by Gasteiger charge is 2.29. The summed E-state index contributed by atoms with van der Waals surface area (Å²) >= 11 is 0. The Morgan fingerprint density at radius 3 is 2.64 bits per heavy atom. The van der Waals surface area contributed by atoms with Gasteiger partial charge in [0.2, 0.25) is 0 Å². The second kappa shape index (κ2) is 6.71. The van der Waals surface area contributed by atoms with Gasteiger partial charge < -0.3 is 14.6 Å². The number of para-hydroxylation sites is 1. The Hall–Kier alpha value is -2.02. The number of sulfone groups is 1. The van der Waals surface area contributed by atoms with Crippen molar-refractivity contribution in [2.75, 3.05) is 23.9 Å². The first-order valence-electron chi connectivity index (χ1n) is 8.57. The van der Waals surface area contributed by atoms with E-state index >= 15 is 0 Å². The van der Waals surface area contributed by atoms with Crippen LogP contribution >= 0.6 is 0 Å². The van der Waals surface area contributed by atoms with E-state index in [1.54, 1.807) is 11.9 Å². The molecule has 0 atom stereocenters. The second-order valence-electron chi connectivity index (χ2n) is 6.61. The van der Waals surface area contributed by atoms with Gasteiger partial charge in [-0.3, -0.25) is 0 Å². The third kappa shape index (κ3) is 3.51. The maximum atomic E-state index is 12.6. The Balaban J connectivity index is 1.78. The summed E-state index contributed by atoms with van der Waals surface area (Å²) in [5, 5.41) is 3.91. The van der Waals surface area contributed by atoms with Gasteiger partial charge in [0.05, 0.1) is 17.2 Å². The summed E-state index contributed by atoms with van der Waals surface area (Å²) in [6.45, 7) is 4.05. The Labute approximate surface area is 148 Å². The highest BCUT2D eigenvalue weighted by molar-refractivity contribution is 7.91. The molecule has 7 heteroatoms. The number of furan rings is 1. The van der Waals surface area contributed by atoms with Crippen LogP contribution in [0.25, 0.3) is 11.0 Å². The van der Waals surface area contributed by atoms with E-state index in [1.165, 1.54) is 0 Å². The molecule has 2 heterocycles. The van der Waals surface area contributed by atoms with Crippen LogP contribution in [0.5, 0.6) is 0 Å². The minimum absolute atomic E-state index is 0.0627. The summed E-state index contributed by atoms with van der Waals surface area (Å²) in [5.74, 6) is 1.20. The van der Waals surface area contributed by atoms with E-state index in [4.69, 9.17) is 4.42 Å². The van der Waals surface area contributed by atoms with Crippen molar-refractivity contribution in [3.05, 3.63) is 29.5 Å². The zero-order valence-corrected chi connectivity index (χ0v) is 15.6. The number of amides is 2. The van der Waals surface area contributed by atoms with E-state index in [9.17, 15) is 13.2 Å². The molecule has 1 aliphatic rings. The van der Waals surface area contributed by atoms with Gasteiger partial charge in [-0.25, -0.2) is 13.2 Å². The standard InChI is InChI=1S/C18H24N2O4S/c1-4-16-12(2)14-6-5-7-15(17(14)24-16)19-18(21)20(3)13-8-10-25(22,23)11-9-13/h5-7,13H,4,8-11H2,1-3H3,(H,19,21). The number of anilines is 1. The van der Waals surface area contributed by atoms with Crippen molar-refractivity contribution in [3.63, 3.8) is 0 Å². The fourth-order valence-corrected chi connectivity index (χ4v) is 4.83. The van der Waals surface area contributed by atoms with Crippen molar-refractivity contribution in [1.29, 1.82) is 0 Å². The molecule has 0 saturated carbocycles. The van der Waals surface area contributed by atoms with Gasteiger partial charge in [-0.15, -0.1) is 0 Å². The zero-order chi connectivity index (χ0) is 18.2. The van der Waals surface area contributed by atoms with E-state index in [1.807, 2.05) is 32.0 Å². The van der Waals surface area contributed by atoms with E-state index < -0.39 is 9.84 Å². The van der Waals surface area contributed by atoms with E-state index in [2.05, 4.69) is 5.32 Å². The van der Waals surface area contributed by atoms with Crippen molar-refractivity contribution in [3.8, 4) is 0 Å². The van der Waals surface area contributed by atoms with Crippen molar-refractivity contribution in [2.24, 2.45) is 0 Å². The number of fused-ring (bicyclic) bond motifs is 1. The molecule has 136 valence electrons. The number of urea groups is 1. The first-order chi connectivity index (χ1) is 11.8. The largest absolute Gasteiger partial charge is 0.459 e. The number of nitrogens with one attached hydrogen (secondary N) is 1. The monoisotopic (exact) mass is 364 g/mol. The maximum Gasteiger partial charge on any atom is 0.321 e. The lowest BCUT2D eigenvalue weighted by atomic mass is 10.1. The normalized spacial score (nSPS) is 17.6. The van der Waals surface area contributed by atoms with Crippen molar-refractivity contribution < 1.29 is 17.6 Å². The Kier molecular flexibility index (Phi) is 4.77. The summed E-state index contributed by atoms with van der Waals surface area (Å²) in [5.41, 5.74) is 2.42. The van der Waals surface area contributed by atoms with E-state index in [0.29, 0.717) is 24.1 Å². The van der Waals surface area contributed by atoms with Gasteiger partial charge in [-0.1, -0.05) is 19.1 Å². The minimum atomic E-state index is -2.94. The lowest BCUT2D eigenvalue weighted by Crippen LogP contribution is -2.44. The van der Waals surface area contributed by atoms with Crippen LogP contribution in [0.3, 0.4) is 0 Å². The first-order valence-corrected chi connectivity index (χ1v) is 10.4. The SMILES string of the molecule is CCc1oc2c(NC(=O)N(C)C3CCS(=O)(=O)CC3)cccc2c1C. The van der Waals surface area contributed by atoms with Crippen LogP contribution in [-0.4, -0.2) is 43.9 Å². The number of aryl methyl sites for hydroxylation is 2. The van der Waals surface area contributed by atoms with Gasteiger partial charge in [-0.05, 0) is 31.4 Å². The summed E-state index contributed by atoms with van der Waals surface area (Å²) in [6.07, 6.45) is 1.76. The van der Waals surface area contributed by atoms with Crippen LogP contribution in [0.15, 0.2) is 22.6 Å². The smallest absolute Gasteiger partial charge is 0.321 e. The van der Waals surface area contributed by atoms with Gasteiger partial charge in [0.1, 0.15) is 15.6 Å². The Bertz CT molecular complexity index is 887. The molecule has 0 radical (unpaired) electrons. The number of carbonyl (C=O) groups excluding carboxylic acids is 1. The average molecular weight is 364 g/mol. The van der Waals surface area contributed by atoms with Gasteiger partial charge >= 0.3 is 6.03 Å². The minimum Gasteiger partial charge on any atom is -0.459 e.